The lowest BCUT2D eigenvalue weighted by atomic mass is 9.85. The normalized spacial score (nSPS) is 14.2. The van der Waals surface area contributed by atoms with Crippen LogP contribution in [0.5, 0.6) is 0 Å². The Labute approximate surface area is 79.2 Å². The van der Waals surface area contributed by atoms with Crippen LogP contribution >= 0.6 is 0 Å². The first-order valence-electron chi connectivity index (χ1n) is 4.38. The quantitative estimate of drug-likeness (QED) is 0.689. The second-order valence-corrected chi connectivity index (χ2v) is 4.36. The van der Waals surface area contributed by atoms with Gasteiger partial charge in [0.05, 0.1) is 23.6 Å². The summed E-state index contributed by atoms with van der Waals surface area (Å²) in [5.41, 5.74) is 13.1. The molecule has 1 aromatic rings. The van der Waals surface area contributed by atoms with Gasteiger partial charge in [-0.2, -0.15) is 0 Å². The summed E-state index contributed by atoms with van der Waals surface area (Å²) in [6.45, 7) is 6.28. The highest BCUT2D eigenvalue weighted by atomic mass is 14.8. The molecule has 0 aliphatic rings. The molecule has 1 unspecified atom stereocenters. The van der Waals surface area contributed by atoms with Gasteiger partial charge < -0.3 is 11.5 Å². The van der Waals surface area contributed by atoms with Gasteiger partial charge in [0.25, 0.3) is 0 Å². The molecule has 0 fully saturated rings. The number of rotatable bonds is 1. The van der Waals surface area contributed by atoms with Gasteiger partial charge in [-0.15, -0.1) is 0 Å². The Hall–Kier alpha value is -1.09. The number of hydrogen-bond donors (Lipinski definition) is 2. The average molecular weight is 179 g/mol. The molecule has 0 saturated carbocycles. The molecule has 72 valence electrons. The van der Waals surface area contributed by atoms with E-state index in [1.165, 1.54) is 0 Å². The molecule has 4 N–H and O–H groups in total. The van der Waals surface area contributed by atoms with Gasteiger partial charge in [-0.25, -0.2) is 0 Å². The maximum absolute atomic E-state index is 6.02. The van der Waals surface area contributed by atoms with Crippen molar-refractivity contribution in [2.45, 2.75) is 26.8 Å². The van der Waals surface area contributed by atoms with Crippen LogP contribution in [0.1, 0.15) is 32.5 Å². The Morgan fingerprint density at radius 1 is 1.31 bits per heavy atom. The summed E-state index contributed by atoms with van der Waals surface area (Å²) in [5.74, 6) is 0. The van der Waals surface area contributed by atoms with Crippen LogP contribution in [0.3, 0.4) is 0 Å². The second-order valence-electron chi connectivity index (χ2n) is 4.36. The SMILES string of the molecule is CC(C)(C)C(N)c1ccc(N)cn1. The first kappa shape index (κ1) is 9.99. The fourth-order valence-electron chi connectivity index (χ4n) is 1.04. The van der Waals surface area contributed by atoms with Gasteiger partial charge in [0.2, 0.25) is 0 Å². The summed E-state index contributed by atoms with van der Waals surface area (Å²) < 4.78 is 0. The van der Waals surface area contributed by atoms with Crippen molar-refractivity contribution in [1.29, 1.82) is 0 Å². The number of nitrogens with zero attached hydrogens (tertiary/aromatic N) is 1. The molecule has 3 nitrogen and oxygen atoms in total. The monoisotopic (exact) mass is 179 g/mol. The predicted octanol–water partition coefficient (Wildman–Crippen LogP) is 1.71. The molecule has 0 saturated heterocycles. The number of nitrogen functional groups attached to an aromatic ring is 1. The summed E-state index contributed by atoms with van der Waals surface area (Å²) in [4.78, 5) is 4.19. The highest BCUT2D eigenvalue weighted by Crippen LogP contribution is 2.29. The van der Waals surface area contributed by atoms with E-state index in [2.05, 4.69) is 25.8 Å². The van der Waals surface area contributed by atoms with Crippen LogP contribution in [0.25, 0.3) is 0 Å². The summed E-state index contributed by atoms with van der Waals surface area (Å²) in [5, 5.41) is 0. The van der Waals surface area contributed by atoms with Crippen molar-refractivity contribution in [3.8, 4) is 0 Å². The molecule has 0 aliphatic carbocycles. The van der Waals surface area contributed by atoms with Crippen molar-refractivity contribution in [3.05, 3.63) is 24.0 Å². The van der Waals surface area contributed by atoms with E-state index in [9.17, 15) is 0 Å². The molecule has 0 radical (unpaired) electrons. The Balaban J connectivity index is 2.90. The molecular weight excluding hydrogens is 162 g/mol. The van der Waals surface area contributed by atoms with Crippen LogP contribution in [0.4, 0.5) is 5.69 Å². The van der Waals surface area contributed by atoms with E-state index in [1.54, 1.807) is 6.20 Å². The number of aromatic nitrogens is 1. The zero-order chi connectivity index (χ0) is 10.1. The Kier molecular flexibility index (Phi) is 2.57. The molecule has 0 aliphatic heterocycles. The minimum absolute atomic E-state index is 0.0309. The van der Waals surface area contributed by atoms with E-state index < -0.39 is 0 Å². The van der Waals surface area contributed by atoms with Gasteiger partial charge >= 0.3 is 0 Å². The Morgan fingerprint density at radius 2 is 1.92 bits per heavy atom. The maximum atomic E-state index is 6.02. The molecule has 13 heavy (non-hydrogen) atoms. The van der Waals surface area contributed by atoms with E-state index in [4.69, 9.17) is 11.5 Å². The van der Waals surface area contributed by atoms with Gasteiger partial charge in [0, 0.05) is 0 Å². The topological polar surface area (TPSA) is 64.9 Å². The largest absolute Gasteiger partial charge is 0.397 e. The van der Waals surface area contributed by atoms with Crippen LogP contribution in [0, 0.1) is 5.41 Å². The van der Waals surface area contributed by atoms with Crippen LogP contribution in [-0.4, -0.2) is 4.98 Å². The third-order valence-corrected chi connectivity index (χ3v) is 2.06. The second kappa shape index (κ2) is 3.34. The number of hydrogen-bond acceptors (Lipinski definition) is 3. The molecular formula is C10H17N3. The third kappa shape index (κ3) is 2.42. The summed E-state index contributed by atoms with van der Waals surface area (Å²) in [7, 11) is 0. The van der Waals surface area contributed by atoms with Crippen molar-refractivity contribution in [3.63, 3.8) is 0 Å². The first-order valence-corrected chi connectivity index (χ1v) is 4.38. The van der Waals surface area contributed by atoms with E-state index in [0.29, 0.717) is 5.69 Å². The third-order valence-electron chi connectivity index (χ3n) is 2.06. The van der Waals surface area contributed by atoms with E-state index in [1.807, 2.05) is 12.1 Å². The fourth-order valence-corrected chi connectivity index (χ4v) is 1.04. The van der Waals surface area contributed by atoms with Crippen molar-refractivity contribution < 1.29 is 0 Å². The fraction of sp³-hybridized carbons (Fsp3) is 0.500. The molecule has 3 heteroatoms. The standard InChI is InChI=1S/C10H17N3/c1-10(2,3)9(12)8-5-4-7(11)6-13-8/h4-6,9H,11-12H2,1-3H3. The molecule has 0 bridgehead atoms. The molecule has 1 heterocycles. The van der Waals surface area contributed by atoms with Crippen LogP contribution in [-0.2, 0) is 0 Å². The highest BCUT2D eigenvalue weighted by Gasteiger charge is 2.22. The molecule has 0 spiro atoms. The van der Waals surface area contributed by atoms with Crippen molar-refractivity contribution in [2.75, 3.05) is 5.73 Å². The van der Waals surface area contributed by atoms with E-state index in [0.717, 1.165) is 5.69 Å². The molecule has 1 rings (SSSR count). The van der Waals surface area contributed by atoms with E-state index in [-0.39, 0.29) is 11.5 Å². The molecule has 0 amide bonds. The minimum atomic E-state index is -0.0481. The molecule has 1 aromatic heterocycles. The van der Waals surface area contributed by atoms with Crippen molar-refractivity contribution in [1.82, 2.24) is 4.98 Å². The summed E-state index contributed by atoms with van der Waals surface area (Å²) in [6.07, 6.45) is 1.64. The molecule has 0 aromatic carbocycles. The average Bonchev–Trinajstić information content (AvgIpc) is 2.03. The van der Waals surface area contributed by atoms with E-state index >= 15 is 0 Å². The van der Waals surface area contributed by atoms with Gasteiger partial charge in [-0.1, -0.05) is 20.8 Å². The van der Waals surface area contributed by atoms with Gasteiger partial charge in [-0.05, 0) is 17.5 Å². The summed E-state index contributed by atoms with van der Waals surface area (Å²) >= 11 is 0. The number of anilines is 1. The number of pyridine rings is 1. The molecule has 1 atom stereocenters. The zero-order valence-corrected chi connectivity index (χ0v) is 8.41. The lowest BCUT2D eigenvalue weighted by molar-refractivity contribution is 0.321. The smallest absolute Gasteiger partial charge is 0.0578 e. The van der Waals surface area contributed by atoms with Crippen LogP contribution in [0.2, 0.25) is 0 Å². The van der Waals surface area contributed by atoms with Crippen LogP contribution in [0.15, 0.2) is 18.3 Å². The van der Waals surface area contributed by atoms with Crippen LogP contribution < -0.4 is 11.5 Å². The first-order chi connectivity index (χ1) is 5.91. The summed E-state index contributed by atoms with van der Waals surface area (Å²) in [6, 6.07) is 3.66. The van der Waals surface area contributed by atoms with Gasteiger partial charge in [-0.3, -0.25) is 4.98 Å². The van der Waals surface area contributed by atoms with Gasteiger partial charge in [0.15, 0.2) is 0 Å². The minimum Gasteiger partial charge on any atom is -0.397 e. The highest BCUT2D eigenvalue weighted by molar-refractivity contribution is 5.35. The lowest BCUT2D eigenvalue weighted by Gasteiger charge is -2.26. The van der Waals surface area contributed by atoms with Crippen molar-refractivity contribution in [2.24, 2.45) is 11.1 Å². The predicted molar refractivity (Wildman–Crippen MR) is 55.0 cm³/mol. The maximum Gasteiger partial charge on any atom is 0.0578 e. The lowest BCUT2D eigenvalue weighted by Crippen LogP contribution is -2.27. The number of nitrogens with two attached hydrogens (primary N) is 2. The zero-order valence-electron chi connectivity index (χ0n) is 8.41. The Bertz CT molecular complexity index is 271. The van der Waals surface area contributed by atoms with Gasteiger partial charge in [0.1, 0.15) is 0 Å². The Morgan fingerprint density at radius 3 is 2.31 bits per heavy atom. The van der Waals surface area contributed by atoms with Crippen molar-refractivity contribution >= 4 is 5.69 Å².